The molecule has 2 unspecified atom stereocenters. The maximum absolute atomic E-state index is 12.8. The minimum absolute atomic E-state index is 0. The van der Waals surface area contributed by atoms with Gasteiger partial charge in [-0.3, -0.25) is 4.79 Å². The fourth-order valence-electron chi connectivity index (χ4n) is 3.73. The van der Waals surface area contributed by atoms with Crippen molar-refractivity contribution in [2.24, 2.45) is 17.1 Å². The van der Waals surface area contributed by atoms with Gasteiger partial charge in [0.2, 0.25) is 5.91 Å². The van der Waals surface area contributed by atoms with E-state index in [1.165, 1.54) is 19.3 Å². The lowest BCUT2D eigenvalue weighted by Gasteiger charge is -2.39. The second-order valence-electron chi connectivity index (χ2n) is 6.35. The summed E-state index contributed by atoms with van der Waals surface area (Å²) in [6, 6.07) is 0.210. The lowest BCUT2D eigenvalue weighted by molar-refractivity contribution is -0.144. The molecule has 0 radical (unpaired) electrons. The Bertz CT molecular complexity index is 301. The summed E-state index contributed by atoms with van der Waals surface area (Å²) < 4.78 is 0. The summed E-state index contributed by atoms with van der Waals surface area (Å²) in [6.07, 6.45) is 7.96. The van der Waals surface area contributed by atoms with E-state index in [-0.39, 0.29) is 23.9 Å². The summed E-state index contributed by atoms with van der Waals surface area (Å²) in [6.45, 7) is 6.09. The van der Waals surface area contributed by atoms with E-state index < -0.39 is 0 Å². The Balaban J connectivity index is 0.00000180. The predicted molar refractivity (Wildman–Crippen MR) is 81.4 cm³/mol. The maximum Gasteiger partial charge on any atom is 0.228 e. The van der Waals surface area contributed by atoms with E-state index >= 15 is 0 Å². The van der Waals surface area contributed by atoms with Crippen LogP contribution in [0.4, 0.5) is 0 Å². The van der Waals surface area contributed by atoms with E-state index in [2.05, 4.69) is 18.7 Å². The van der Waals surface area contributed by atoms with Crippen molar-refractivity contribution < 1.29 is 4.79 Å². The number of halogens is 1. The van der Waals surface area contributed by atoms with Gasteiger partial charge >= 0.3 is 0 Å². The van der Waals surface area contributed by atoms with Crippen molar-refractivity contribution in [3.05, 3.63) is 0 Å². The molecule has 112 valence electrons. The standard InChI is InChI=1S/C15H28N2O.ClH/c1-3-15(8-4-5-9-15)14(18)17-10-6-7-13(11-17)12(2)16;/h12-13H,3-11,16H2,1-2H3;1H. The van der Waals surface area contributed by atoms with Crippen LogP contribution in [-0.2, 0) is 4.79 Å². The Labute approximate surface area is 123 Å². The van der Waals surface area contributed by atoms with Crippen molar-refractivity contribution in [1.82, 2.24) is 4.90 Å². The molecule has 1 saturated carbocycles. The van der Waals surface area contributed by atoms with Crippen LogP contribution in [0.25, 0.3) is 0 Å². The number of rotatable bonds is 3. The highest BCUT2D eigenvalue weighted by Gasteiger charge is 2.42. The van der Waals surface area contributed by atoms with Gasteiger partial charge in [0.1, 0.15) is 0 Å². The third kappa shape index (κ3) is 3.43. The summed E-state index contributed by atoms with van der Waals surface area (Å²) in [4.78, 5) is 14.9. The van der Waals surface area contributed by atoms with Gasteiger partial charge in [0.05, 0.1) is 0 Å². The average Bonchev–Trinajstić information content (AvgIpc) is 2.88. The number of nitrogens with zero attached hydrogens (tertiary/aromatic N) is 1. The fraction of sp³-hybridized carbons (Fsp3) is 0.933. The van der Waals surface area contributed by atoms with Crippen molar-refractivity contribution in [3.8, 4) is 0 Å². The first-order chi connectivity index (χ1) is 8.59. The molecule has 0 bridgehead atoms. The Morgan fingerprint density at radius 3 is 2.53 bits per heavy atom. The number of amides is 1. The van der Waals surface area contributed by atoms with E-state index in [1.54, 1.807) is 0 Å². The second-order valence-corrected chi connectivity index (χ2v) is 6.35. The zero-order valence-electron chi connectivity index (χ0n) is 12.4. The van der Waals surface area contributed by atoms with E-state index in [1.807, 2.05) is 0 Å². The topological polar surface area (TPSA) is 46.3 Å². The Kier molecular flexibility index (Phi) is 6.13. The van der Waals surface area contributed by atoms with Crippen molar-refractivity contribution in [2.75, 3.05) is 13.1 Å². The van der Waals surface area contributed by atoms with Crippen molar-refractivity contribution in [2.45, 2.75) is 64.8 Å². The first kappa shape index (κ1) is 16.8. The van der Waals surface area contributed by atoms with Crippen molar-refractivity contribution >= 4 is 18.3 Å². The van der Waals surface area contributed by atoms with Crippen LogP contribution in [-0.4, -0.2) is 29.9 Å². The molecule has 0 aromatic carbocycles. The number of nitrogens with two attached hydrogens (primary N) is 1. The average molecular weight is 289 g/mol. The molecule has 2 atom stereocenters. The zero-order valence-corrected chi connectivity index (χ0v) is 13.2. The molecular weight excluding hydrogens is 260 g/mol. The first-order valence-electron chi connectivity index (χ1n) is 7.64. The number of carbonyl (C=O) groups is 1. The molecule has 1 heterocycles. The van der Waals surface area contributed by atoms with Gasteiger partial charge in [0, 0.05) is 24.5 Å². The van der Waals surface area contributed by atoms with Crippen LogP contribution in [0.3, 0.4) is 0 Å². The van der Waals surface area contributed by atoms with Gasteiger partial charge in [-0.05, 0) is 44.9 Å². The molecule has 1 aliphatic heterocycles. The van der Waals surface area contributed by atoms with Crippen LogP contribution in [0.15, 0.2) is 0 Å². The Morgan fingerprint density at radius 2 is 2.00 bits per heavy atom. The largest absolute Gasteiger partial charge is 0.342 e. The quantitative estimate of drug-likeness (QED) is 0.868. The van der Waals surface area contributed by atoms with Crippen molar-refractivity contribution in [1.29, 1.82) is 0 Å². The minimum atomic E-state index is -0.0280. The van der Waals surface area contributed by atoms with Crippen LogP contribution in [0.5, 0.6) is 0 Å². The summed E-state index contributed by atoms with van der Waals surface area (Å²) in [5, 5.41) is 0. The molecular formula is C15H29ClN2O. The first-order valence-corrected chi connectivity index (χ1v) is 7.64. The smallest absolute Gasteiger partial charge is 0.228 e. The maximum atomic E-state index is 12.8. The zero-order chi connectivity index (χ0) is 13.2. The lowest BCUT2D eigenvalue weighted by Crippen LogP contribution is -2.49. The Hall–Kier alpha value is -0.280. The SMILES string of the molecule is CCC1(C(=O)N2CCCC(C(C)N)C2)CCCC1.Cl. The third-order valence-corrected chi connectivity index (χ3v) is 5.18. The molecule has 2 aliphatic rings. The molecule has 1 saturated heterocycles. The van der Waals surface area contributed by atoms with Crippen molar-refractivity contribution in [3.63, 3.8) is 0 Å². The molecule has 1 amide bonds. The van der Waals surface area contributed by atoms with Crippen LogP contribution in [0.1, 0.15) is 58.8 Å². The fourth-order valence-corrected chi connectivity index (χ4v) is 3.73. The molecule has 0 spiro atoms. The van der Waals surface area contributed by atoms with E-state index in [4.69, 9.17) is 5.73 Å². The lowest BCUT2D eigenvalue weighted by atomic mass is 9.80. The highest BCUT2D eigenvalue weighted by molar-refractivity contribution is 5.85. The second kappa shape index (κ2) is 6.94. The molecule has 1 aliphatic carbocycles. The molecule has 2 fully saturated rings. The number of piperidine rings is 1. The highest BCUT2D eigenvalue weighted by atomic mass is 35.5. The Morgan fingerprint density at radius 1 is 1.37 bits per heavy atom. The molecule has 0 aromatic heterocycles. The van der Waals surface area contributed by atoms with Gasteiger partial charge in [-0.2, -0.15) is 0 Å². The number of hydrogen-bond donors (Lipinski definition) is 1. The monoisotopic (exact) mass is 288 g/mol. The van der Waals surface area contributed by atoms with E-state index in [0.29, 0.717) is 11.8 Å². The van der Waals surface area contributed by atoms with Crippen LogP contribution < -0.4 is 5.73 Å². The van der Waals surface area contributed by atoms with Gasteiger partial charge < -0.3 is 10.6 Å². The summed E-state index contributed by atoms with van der Waals surface area (Å²) >= 11 is 0. The van der Waals surface area contributed by atoms with Crippen LogP contribution in [0.2, 0.25) is 0 Å². The summed E-state index contributed by atoms with van der Waals surface area (Å²) in [5.41, 5.74) is 5.98. The van der Waals surface area contributed by atoms with E-state index in [0.717, 1.165) is 38.8 Å². The molecule has 19 heavy (non-hydrogen) atoms. The summed E-state index contributed by atoms with van der Waals surface area (Å²) in [7, 11) is 0. The van der Waals surface area contributed by atoms with Crippen LogP contribution in [0, 0.1) is 11.3 Å². The van der Waals surface area contributed by atoms with E-state index in [9.17, 15) is 4.79 Å². The predicted octanol–water partition coefficient (Wildman–Crippen LogP) is 2.96. The number of carbonyl (C=O) groups excluding carboxylic acids is 1. The van der Waals surface area contributed by atoms with Gasteiger partial charge in [0.25, 0.3) is 0 Å². The van der Waals surface area contributed by atoms with Crippen LogP contribution >= 0.6 is 12.4 Å². The minimum Gasteiger partial charge on any atom is -0.342 e. The third-order valence-electron chi connectivity index (χ3n) is 5.18. The molecule has 0 aromatic rings. The molecule has 2 N–H and O–H groups in total. The molecule has 4 heteroatoms. The normalized spacial score (nSPS) is 27.7. The van der Waals surface area contributed by atoms with Gasteiger partial charge in [0.15, 0.2) is 0 Å². The summed E-state index contributed by atoms with van der Waals surface area (Å²) in [5.74, 6) is 0.922. The van der Waals surface area contributed by atoms with Gasteiger partial charge in [-0.25, -0.2) is 0 Å². The van der Waals surface area contributed by atoms with Gasteiger partial charge in [-0.1, -0.05) is 19.8 Å². The molecule has 3 nitrogen and oxygen atoms in total. The number of hydrogen-bond acceptors (Lipinski definition) is 2. The number of likely N-dealkylation sites (tertiary alicyclic amines) is 1. The van der Waals surface area contributed by atoms with Gasteiger partial charge in [-0.15, -0.1) is 12.4 Å². The highest BCUT2D eigenvalue weighted by Crippen LogP contribution is 2.43. The molecule has 2 rings (SSSR count).